The highest BCUT2D eigenvalue weighted by atomic mass is 16.2. The zero-order valence-electron chi connectivity index (χ0n) is 19.3. The number of anilines is 1. The Morgan fingerprint density at radius 1 is 1.11 bits per heavy atom. The maximum absolute atomic E-state index is 13.2. The molecule has 0 saturated carbocycles. The van der Waals surface area contributed by atoms with Gasteiger partial charge in [0.15, 0.2) is 0 Å². The third kappa shape index (κ3) is 4.17. The minimum Gasteiger partial charge on any atom is -0.380 e. The molecule has 0 bridgehead atoms. The summed E-state index contributed by atoms with van der Waals surface area (Å²) in [5, 5.41) is 9.92. The Hall–Kier alpha value is -4.02. The Kier molecular flexibility index (Phi) is 5.83. The fourth-order valence-corrected chi connectivity index (χ4v) is 4.97. The second-order valence-electron chi connectivity index (χ2n) is 9.09. The third-order valence-electron chi connectivity index (χ3n) is 6.89. The molecule has 3 aliphatic rings. The molecule has 5 rings (SSSR count). The first-order valence-electron chi connectivity index (χ1n) is 11.7. The molecule has 35 heavy (non-hydrogen) atoms. The van der Waals surface area contributed by atoms with E-state index in [1.165, 1.54) is 0 Å². The number of aromatic nitrogens is 2. The molecule has 0 radical (unpaired) electrons. The molecule has 182 valence electrons. The monoisotopic (exact) mass is 478 g/mol. The van der Waals surface area contributed by atoms with Crippen molar-refractivity contribution in [2.24, 2.45) is 0 Å². The van der Waals surface area contributed by atoms with Gasteiger partial charge in [-0.15, -0.1) is 0 Å². The van der Waals surface area contributed by atoms with Crippen LogP contribution in [0.3, 0.4) is 0 Å². The normalized spacial score (nSPS) is 20.8. The van der Waals surface area contributed by atoms with E-state index in [0.717, 1.165) is 23.3 Å². The molecule has 4 heterocycles. The second kappa shape index (κ2) is 8.97. The number of hydrogen-bond acceptors (Lipinski definition) is 7. The summed E-state index contributed by atoms with van der Waals surface area (Å²) in [6.07, 6.45) is 5.58. The molecule has 1 atom stereocenters. The Morgan fingerprint density at radius 3 is 2.60 bits per heavy atom. The first kappa shape index (κ1) is 22.8. The van der Waals surface area contributed by atoms with Crippen LogP contribution in [0.5, 0.6) is 0 Å². The van der Waals surface area contributed by atoms with E-state index in [4.69, 9.17) is 0 Å². The smallest absolute Gasteiger partial charge is 0.264 e. The summed E-state index contributed by atoms with van der Waals surface area (Å²) in [6, 6.07) is 4.20. The second-order valence-corrected chi connectivity index (χ2v) is 9.09. The van der Waals surface area contributed by atoms with Gasteiger partial charge in [0, 0.05) is 50.4 Å². The predicted octanol–water partition coefficient (Wildman–Crippen LogP) is 1.08. The van der Waals surface area contributed by atoms with Crippen LogP contribution < -0.4 is 10.6 Å². The Labute approximate surface area is 201 Å². The maximum atomic E-state index is 13.2. The molecule has 2 aromatic rings. The van der Waals surface area contributed by atoms with Crippen LogP contribution in [0.15, 0.2) is 30.6 Å². The summed E-state index contributed by atoms with van der Waals surface area (Å²) >= 11 is 0. The number of piperidine rings is 2. The summed E-state index contributed by atoms with van der Waals surface area (Å²) in [6.45, 7) is 3.40. The lowest BCUT2D eigenvalue weighted by Crippen LogP contribution is -2.54. The Balaban J connectivity index is 1.28. The number of imide groups is 2. The van der Waals surface area contributed by atoms with Crippen molar-refractivity contribution in [3.05, 3.63) is 47.3 Å². The Bertz CT molecular complexity index is 1230. The van der Waals surface area contributed by atoms with E-state index in [2.05, 4.69) is 15.7 Å². The summed E-state index contributed by atoms with van der Waals surface area (Å²) in [4.78, 5) is 64.3. The number of hydrogen-bond donors (Lipinski definition) is 2. The van der Waals surface area contributed by atoms with Crippen molar-refractivity contribution < 1.29 is 24.0 Å². The van der Waals surface area contributed by atoms with Crippen molar-refractivity contribution in [2.45, 2.75) is 51.2 Å². The van der Waals surface area contributed by atoms with Crippen molar-refractivity contribution in [3.8, 4) is 0 Å². The number of nitrogens with one attached hydrogen (secondary N) is 2. The SMILES string of the molecule is CC(=O)N1CCC(n2cc(CNc3cccc4c3C(=O)N(C3CCC(=O)NC3=O)C4=O)cn2)CC1. The first-order valence-corrected chi connectivity index (χ1v) is 11.7. The summed E-state index contributed by atoms with van der Waals surface area (Å²) in [5.41, 5.74) is 1.87. The van der Waals surface area contributed by atoms with E-state index in [1.807, 2.05) is 15.8 Å². The van der Waals surface area contributed by atoms with Crippen LogP contribution in [0.25, 0.3) is 0 Å². The molecule has 0 aliphatic carbocycles. The van der Waals surface area contributed by atoms with Crippen molar-refractivity contribution in [2.75, 3.05) is 18.4 Å². The van der Waals surface area contributed by atoms with Gasteiger partial charge in [-0.2, -0.15) is 5.10 Å². The zero-order chi connectivity index (χ0) is 24.7. The molecule has 2 fully saturated rings. The number of likely N-dealkylation sites (tertiary alicyclic amines) is 1. The largest absolute Gasteiger partial charge is 0.380 e. The fourth-order valence-electron chi connectivity index (χ4n) is 4.97. The lowest BCUT2D eigenvalue weighted by atomic mass is 10.0. The molecule has 11 heteroatoms. The minimum absolute atomic E-state index is 0.0761. The fraction of sp³-hybridized carbons (Fsp3) is 0.417. The minimum atomic E-state index is -0.999. The van der Waals surface area contributed by atoms with Crippen molar-refractivity contribution in [1.29, 1.82) is 0 Å². The molecule has 2 saturated heterocycles. The molecule has 11 nitrogen and oxygen atoms in total. The van der Waals surface area contributed by atoms with Gasteiger partial charge in [-0.1, -0.05) is 6.07 Å². The van der Waals surface area contributed by atoms with Crippen LogP contribution in [-0.2, 0) is 20.9 Å². The number of nitrogens with zero attached hydrogens (tertiary/aromatic N) is 4. The van der Waals surface area contributed by atoms with E-state index in [0.29, 0.717) is 25.3 Å². The van der Waals surface area contributed by atoms with E-state index in [1.54, 1.807) is 31.3 Å². The maximum Gasteiger partial charge on any atom is 0.264 e. The van der Waals surface area contributed by atoms with Gasteiger partial charge in [0.1, 0.15) is 6.04 Å². The number of carbonyl (C=O) groups excluding carboxylic acids is 5. The quantitative estimate of drug-likeness (QED) is 0.614. The number of rotatable bonds is 5. The summed E-state index contributed by atoms with van der Waals surface area (Å²) in [7, 11) is 0. The lowest BCUT2D eigenvalue weighted by molar-refractivity contribution is -0.136. The van der Waals surface area contributed by atoms with Crippen LogP contribution in [0.2, 0.25) is 0 Å². The van der Waals surface area contributed by atoms with Gasteiger partial charge in [0.05, 0.1) is 23.4 Å². The summed E-state index contributed by atoms with van der Waals surface area (Å²) < 4.78 is 1.92. The number of amides is 5. The van der Waals surface area contributed by atoms with Gasteiger partial charge in [0.25, 0.3) is 11.8 Å². The molecule has 3 aliphatic heterocycles. The van der Waals surface area contributed by atoms with E-state index < -0.39 is 29.7 Å². The average molecular weight is 479 g/mol. The van der Waals surface area contributed by atoms with Crippen LogP contribution in [0.1, 0.15) is 64.9 Å². The molecule has 5 amide bonds. The van der Waals surface area contributed by atoms with Gasteiger partial charge in [-0.25, -0.2) is 0 Å². The van der Waals surface area contributed by atoms with Crippen LogP contribution in [0, 0.1) is 0 Å². The van der Waals surface area contributed by atoms with E-state index in [-0.39, 0.29) is 35.9 Å². The number of carbonyl (C=O) groups is 5. The number of benzene rings is 1. The molecular weight excluding hydrogens is 452 g/mol. The van der Waals surface area contributed by atoms with Gasteiger partial charge < -0.3 is 10.2 Å². The van der Waals surface area contributed by atoms with Gasteiger partial charge in [0.2, 0.25) is 17.7 Å². The zero-order valence-corrected chi connectivity index (χ0v) is 19.3. The average Bonchev–Trinajstić information content (AvgIpc) is 3.42. The van der Waals surface area contributed by atoms with Crippen LogP contribution in [-0.4, -0.2) is 68.2 Å². The van der Waals surface area contributed by atoms with Gasteiger partial charge in [-0.3, -0.25) is 38.9 Å². The summed E-state index contributed by atoms with van der Waals surface area (Å²) in [5.74, 6) is -2.03. The van der Waals surface area contributed by atoms with Crippen molar-refractivity contribution >= 4 is 35.2 Å². The van der Waals surface area contributed by atoms with Crippen molar-refractivity contribution in [1.82, 2.24) is 24.9 Å². The molecule has 0 spiro atoms. The highest BCUT2D eigenvalue weighted by Gasteiger charge is 2.45. The van der Waals surface area contributed by atoms with Crippen molar-refractivity contribution in [3.63, 3.8) is 0 Å². The van der Waals surface area contributed by atoms with Crippen LogP contribution >= 0.6 is 0 Å². The third-order valence-corrected chi connectivity index (χ3v) is 6.89. The van der Waals surface area contributed by atoms with E-state index >= 15 is 0 Å². The molecule has 2 N–H and O–H groups in total. The predicted molar refractivity (Wildman–Crippen MR) is 123 cm³/mol. The topological polar surface area (TPSA) is 134 Å². The number of fused-ring (bicyclic) bond motifs is 1. The highest BCUT2D eigenvalue weighted by Crippen LogP contribution is 2.32. The van der Waals surface area contributed by atoms with Gasteiger partial charge in [-0.05, 0) is 31.4 Å². The molecule has 1 unspecified atom stereocenters. The lowest BCUT2D eigenvalue weighted by Gasteiger charge is -2.31. The van der Waals surface area contributed by atoms with Crippen LogP contribution in [0.4, 0.5) is 5.69 Å². The molecular formula is C24H26N6O5. The highest BCUT2D eigenvalue weighted by molar-refractivity contribution is 6.25. The standard InChI is InChI=1S/C24H26N6O5/c1-14(31)28-9-7-16(8-10-28)29-13-15(12-26-29)11-25-18-4-2-3-17-21(18)24(35)30(23(17)34)19-5-6-20(32)27-22(19)33/h2-4,12-13,16,19,25H,5-11H2,1H3,(H,27,32,33). The molecule has 1 aromatic heterocycles. The Morgan fingerprint density at radius 2 is 1.89 bits per heavy atom. The molecule has 1 aromatic carbocycles. The van der Waals surface area contributed by atoms with E-state index in [9.17, 15) is 24.0 Å². The van der Waals surface area contributed by atoms with Gasteiger partial charge >= 0.3 is 0 Å². The first-order chi connectivity index (χ1) is 16.8.